The van der Waals surface area contributed by atoms with Crippen molar-refractivity contribution in [3.05, 3.63) is 78.0 Å². The molecule has 0 fully saturated rings. The molecule has 104 valence electrons. The Balaban J connectivity index is 1.73. The Morgan fingerprint density at radius 1 is 1.05 bits per heavy atom. The maximum atomic E-state index is 4.55. The van der Waals surface area contributed by atoms with Gasteiger partial charge in [0.2, 0.25) is 0 Å². The van der Waals surface area contributed by atoms with Gasteiger partial charge in [-0.25, -0.2) is 9.97 Å². The van der Waals surface area contributed by atoms with Crippen molar-refractivity contribution in [1.82, 2.24) is 19.9 Å². The highest BCUT2D eigenvalue weighted by Crippen LogP contribution is 2.25. The first-order valence-corrected chi connectivity index (χ1v) is 7.16. The smallest absolute Gasteiger partial charge is 0.142 e. The summed E-state index contributed by atoms with van der Waals surface area (Å²) in [5.74, 6) is 2.00. The normalized spacial score (nSPS) is 16.9. The predicted octanol–water partition coefficient (Wildman–Crippen LogP) is 2.65. The van der Waals surface area contributed by atoms with Gasteiger partial charge in [-0.2, -0.15) is 0 Å². The molecule has 4 rings (SSSR count). The van der Waals surface area contributed by atoms with Gasteiger partial charge in [0.25, 0.3) is 0 Å². The van der Waals surface area contributed by atoms with E-state index in [0.29, 0.717) is 0 Å². The highest BCUT2D eigenvalue weighted by atomic mass is 15.2. The summed E-state index contributed by atoms with van der Waals surface area (Å²) in [6.07, 6.45) is 6.59. The molecule has 0 spiro atoms. The van der Waals surface area contributed by atoms with Crippen LogP contribution in [0, 0.1) is 0 Å². The van der Waals surface area contributed by atoms with Gasteiger partial charge in [-0.3, -0.25) is 4.57 Å². The van der Waals surface area contributed by atoms with E-state index in [2.05, 4.69) is 50.2 Å². The van der Waals surface area contributed by atoms with E-state index >= 15 is 0 Å². The van der Waals surface area contributed by atoms with Crippen LogP contribution >= 0.6 is 0 Å². The molecule has 1 aliphatic rings. The Kier molecular flexibility index (Phi) is 3.01. The molecular formula is C17H16N4. The molecule has 4 nitrogen and oxygen atoms in total. The molecule has 1 N–H and O–H groups in total. The van der Waals surface area contributed by atoms with Crippen LogP contribution in [0.1, 0.15) is 23.0 Å². The van der Waals surface area contributed by atoms with Crippen LogP contribution in [0.3, 0.4) is 0 Å². The zero-order chi connectivity index (χ0) is 14.1. The quantitative estimate of drug-likeness (QED) is 0.782. The summed E-state index contributed by atoms with van der Waals surface area (Å²) in [5, 5.41) is 3.61. The summed E-state index contributed by atoms with van der Waals surface area (Å²) in [6, 6.07) is 14.8. The second-order valence-electron chi connectivity index (χ2n) is 5.26. The second kappa shape index (κ2) is 5.14. The molecule has 0 bridgehead atoms. The van der Waals surface area contributed by atoms with Crippen LogP contribution in [-0.4, -0.2) is 14.5 Å². The standard InChI is InChI=1S/C17H16N4/c1-2-5-13(6-3-1)11-15-17-19-9-10-21(17)16-14(12-20-15)7-4-8-18-16/h1-10,15,20H,11-12H2. The summed E-state index contributed by atoms with van der Waals surface area (Å²) in [7, 11) is 0. The zero-order valence-electron chi connectivity index (χ0n) is 11.6. The van der Waals surface area contributed by atoms with Gasteiger partial charge in [-0.1, -0.05) is 36.4 Å². The summed E-state index contributed by atoms with van der Waals surface area (Å²) < 4.78 is 2.10. The largest absolute Gasteiger partial charge is 0.303 e. The zero-order valence-corrected chi connectivity index (χ0v) is 11.6. The van der Waals surface area contributed by atoms with E-state index in [-0.39, 0.29) is 6.04 Å². The topological polar surface area (TPSA) is 42.7 Å². The van der Waals surface area contributed by atoms with E-state index in [1.807, 2.05) is 30.7 Å². The lowest BCUT2D eigenvalue weighted by molar-refractivity contribution is 0.512. The molecule has 0 aliphatic carbocycles. The molecule has 4 heteroatoms. The van der Waals surface area contributed by atoms with Crippen molar-refractivity contribution in [2.24, 2.45) is 0 Å². The van der Waals surface area contributed by atoms with E-state index in [1.165, 1.54) is 11.1 Å². The SMILES string of the molecule is c1ccc(CC2NCc3cccnc3-n3ccnc32)cc1. The van der Waals surface area contributed by atoms with Crippen molar-refractivity contribution >= 4 is 0 Å². The molecule has 3 aromatic rings. The van der Waals surface area contributed by atoms with Crippen molar-refractivity contribution < 1.29 is 0 Å². The predicted molar refractivity (Wildman–Crippen MR) is 81.1 cm³/mol. The number of benzene rings is 1. The van der Waals surface area contributed by atoms with E-state index in [4.69, 9.17) is 0 Å². The number of aromatic nitrogens is 3. The summed E-state index contributed by atoms with van der Waals surface area (Å²) in [4.78, 5) is 9.07. The molecule has 1 aromatic carbocycles. The lowest BCUT2D eigenvalue weighted by Gasteiger charge is -2.15. The van der Waals surface area contributed by atoms with Crippen LogP contribution in [0.25, 0.3) is 5.82 Å². The molecule has 2 aromatic heterocycles. The van der Waals surface area contributed by atoms with Crippen molar-refractivity contribution in [2.75, 3.05) is 0 Å². The van der Waals surface area contributed by atoms with Crippen LogP contribution in [0.15, 0.2) is 61.1 Å². The molecule has 1 aliphatic heterocycles. The Morgan fingerprint density at radius 3 is 2.86 bits per heavy atom. The Labute approximate surface area is 123 Å². The van der Waals surface area contributed by atoms with Gasteiger partial charge in [0, 0.05) is 30.7 Å². The first-order valence-electron chi connectivity index (χ1n) is 7.16. The lowest BCUT2D eigenvalue weighted by atomic mass is 10.1. The Hall–Kier alpha value is -2.46. The molecule has 0 amide bonds. The van der Waals surface area contributed by atoms with Gasteiger partial charge < -0.3 is 5.32 Å². The fraction of sp³-hybridized carbons (Fsp3) is 0.176. The Morgan fingerprint density at radius 2 is 1.95 bits per heavy atom. The Bertz CT molecular complexity index is 748. The molecule has 1 atom stereocenters. The highest BCUT2D eigenvalue weighted by Gasteiger charge is 2.23. The minimum atomic E-state index is 0.191. The minimum absolute atomic E-state index is 0.191. The summed E-state index contributed by atoms with van der Waals surface area (Å²) in [5.41, 5.74) is 2.51. The number of hydrogen-bond donors (Lipinski definition) is 1. The number of imidazole rings is 1. The highest BCUT2D eigenvalue weighted by molar-refractivity contribution is 5.37. The van der Waals surface area contributed by atoms with Crippen molar-refractivity contribution in [2.45, 2.75) is 19.0 Å². The molecule has 0 radical (unpaired) electrons. The molecule has 0 saturated carbocycles. The first kappa shape index (κ1) is 12.3. The van der Waals surface area contributed by atoms with E-state index in [1.54, 1.807) is 0 Å². The molecule has 3 heterocycles. The van der Waals surface area contributed by atoms with Crippen LogP contribution < -0.4 is 5.32 Å². The fourth-order valence-electron chi connectivity index (χ4n) is 2.87. The van der Waals surface area contributed by atoms with Crippen molar-refractivity contribution in [1.29, 1.82) is 0 Å². The summed E-state index contributed by atoms with van der Waals surface area (Å²) >= 11 is 0. The third kappa shape index (κ3) is 2.23. The van der Waals surface area contributed by atoms with Gasteiger partial charge in [0.1, 0.15) is 11.6 Å². The van der Waals surface area contributed by atoms with Crippen LogP contribution in [0.2, 0.25) is 0 Å². The third-order valence-corrected chi connectivity index (χ3v) is 3.90. The molecule has 1 unspecified atom stereocenters. The number of hydrogen-bond acceptors (Lipinski definition) is 3. The second-order valence-corrected chi connectivity index (χ2v) is 5.26. The van der Waals surface area contributed by atoms with Crippen molar-refractivity contribution in [3.8, 4) is 5.82 Å². The monoisotopic (exact) mass is 276 g/mol. The van der Waals surface area contributed by atoms with Crippen LogP contribution in [0.5, 0.6) is 0 Å². The number of nitrogens with zero attached hydrogens (tertiary/aromatic N) is 3. The number of nitrogens with one attached hydrogen (secondary N) is 1. The number of rotatable bonds is 2. The number of pyridine rings is 1. The van der Waals surface area contributed by atoms with Gasteiger partial charge in [-0.15, -0.1) is 0 Å². The molecule has 21 heavy (non-hydrogen) atoms. The first-order chi connectivity index (χ1) is 10.4. The summed E-state index contributed by atoms with van der Waals surface area (Å²) in [6.45, 7) is 0.810. The minimum Gasteiger partial charge on any atom is -0.303 e. The molecule has 0 saturated heterocycles. The average molecular weight is 276 g/mol. The van der Waals surface area contributed by atoms with Gasteiger partial charge in [0.05, 0.1) is 6.04 Å². The van der Waals surface area contributed by atoms with Crippen LogP contribution in [0.4, 0.5) is 0 Å². The van der Waals surface area contributed by atoms with E-state index in [0.717, 1.165) is 24.6 Å². The lowest BCUT2D eigenvalue weighted by Crippen LogP contribution is -2.23. The third-order valence-electron chi connectivity index (χ3n) is 3.90. The average Bonchev–Trinajstić information content (AvgIpc) is 2.97. The van der Waals surface area contributed by atoms with Crippen molar-refractivity contribution in [3.63, 3.8) is 0 Å². The van der Waals surface area contributed by atoms with E-state index in [9.17, 15) is 0 Å². The maximum absolute atomic E-state index is 4.55. The molecular weight excluding hydrogens is 260 g/mol. The van der Waals surface area contributed by atoms with Gasteiger partial charge >= 0.3 is 0 Å². The van der Waals surface area contributed by atoms with E-state index < -0.39 is 0 Å². The number of fused-ring (bicyclic) bond motifs is 3. The fourth-order valence-corrected chi connectivity index (χ4v) is 2.87. The van der Waals surface area contributed by atoms with Gasteiger partial charge in [-0.05, 0) is 18.1 Å². The van der Waals surface area contributed by atoms with Gasteiger partial charge in [0.15, 0.2) is 0 Å². The maximum Gasteiger partial charge on any atom is 0.142 e. The van der Waals surface area contributed by atoms with Crippen LogP contribution in [-0.2, 0) is 13.0 Å².